The second kappa shape index (κ2) is 5.26. The Labute approximate surface area is 125 Å². The number of halogens is 1. The predicted molar refractivity (Wildman–Crippen MR) is 81.2 cm³/mol. The molecule has 1 aromatic carbocycles. The van der Waals surface area contributed by atoms with Crippen LogP contribution in [0.25, 0.3) is 10.2 Å². The van der Waals surface area contributed by atoms with Crippen molar-refractivity contribution in [2.24, 2.45) is 0 Å². The number of aromatic nitrogens is 2. The van der Waals surface area contributed by atoms with E-state index in [-0.39, 0.29) is 5.91 Å². The number of nitrogens with one attached hydrogen (secondary N) is 1. The number of aromatic amines is 1. The highest BCUT2D eigenvalue weighted by atomic mass is 35.5. The zero-order valence-corrected chi connectivity index (χ0v) is 12.3. The van der Waals surface area contributed by atoms with Crippen molar-refractivity contribution in [2.75, 3.05) is 7.05 Å². The Hall–Kier alpha value is -1.85. The molecule has 3 aromatic rings. The van der Waals surface area contributed by atoms with E-state index >= 15 is 0 Å². The Morgan fingerprint density at radius 2 is 2.25 bits per heavy atom. The van der Waals surface area contributed by atoms with Crippen LogP contribution < -0.4 is 0 Å². The van der Waals surface area contributed by atoms with E-state index in [2.05, 4.69) is 9.97 Å². The average Bonchev–Trinajstić information content (AvgIpc) is 3.03. The molecule has 4 nitrogen and oxygen atoms in total. The number of benzene rings is 1. The Kier molecular flexibility index (Phi) is 3.46. The lowest BCUT2D eigenvalue weighted by Gasteiger charge is -2.14. The summed E-state index contributed by atoms with van der Waals surface area (Å²) in [5.74, 6) is -0.101. The van der Waals surface area contributed by atoms with Gasteiger partial charge in [0.1, 0.15) is 10.7 Å². The van der Waals surface area contributed by atoms with Crippen molar-refractivity contribution < 1.29 is 4.79 Å². The van der Waals surface area contributed by atoms with Crippen LogP contribution in [0, 0.1) is 0 Å². The highest BCUT2D eigenvalue weighted by Gasteiger charge is 2.15. The molecule has 0 aliphatic carbocycles. The number of para-hydroxylation sites is 1. The zero-order chi connectivity index (χ0) is 14.1. The fourth-order valence-electron chi connectivity index (χ4n) is 1.96. The van der Waals surface area contributed by atoms with Crippen molar-refractivity contribution in [1.29, 1.82) is 0 Å². The maximum absolute atomic E-state index is 12.2. The third kappa shape index (κ3) is 2.55. The molecule has 0 aliphatic rings. The second-order valence-corrected chi connectivity index (χ2v) is 6.02. The first-order valence-corrected chi connectivity index (χ1v) is 7.27. The summed E-state index contributed by atoms with van der Waals surface area (Å²) in [5.41, 5.74) is 1.45. The molecule has 3 rings (SSSR count). The van der Waals surface area contributed by atoms with Gasteiger partial charge in [0.05, 0.1) is 21.8 Å². The van der Waals surface area contributed by atoms with Crippen molar-refractivity contribution >= 4 is 39.1 Å². The van der Waals surface area contributed by atoms with E-state index in [1.54, 1.807) is 35.5 Å². The molecule has 0 fully saturated rings. The van der Waals surface area contributed by atoms with Gasteiger partial charge < -0.3 is 9.88 Å². The van der Waals surface area contributed by atoms with E-state index in [1.165, 1.54) is 0 Å². The van der Waals surface area contributed by atoms with E-state index in [0.29, 0.717) is 17.3 Å². The van der Waals surface area contributed by atoms with E-state index in [4.69, 9.17) is 11.6 Å². The number of thiazole rings is 1. The Balaban J connectivity index is 1.78. The summed E-state index contributed by atoms with van der Waals surface area (Å²) in [6, 6.07) is 9.57. The number of rotatable bonds is 3. The molecule has 6 heteroatoms. The number of carbonyl (C=O) groups excluding carboxylic acids is 1. The molecule has 0 saturated carbocycles. The van der Waals surface area contributed by atoms with Crippen LogP contribution in [0.3, 0.4) is 0 Å². The fraction of sp³-hybridized carbons (Fsp3) is 0.143. The van der Waals surface area contributed by atoms with Gasteiger partial charge >= 0.3 is 0 Å². The molecule has 0 saturated heterocycles. The predicted octanol–water partition coefficient (Wildman–Crippen LogP) is 3.55. The first kappa shape index (κ1) is 13.1. The van der Waals surface area contributed by atoms with Crippen molar-refractivity contribution in [2.45, 2.75) is 6.54 Å². The molecule has 1 amide bonds. The summed E-state index contributed by atoms with van der Waals surface area (Å²) in [5, 5.41) is 1.45. The average molecular weight is 306 g/mol. The number of H-pyrrole nitrogens is 1. The summed E-state index contributed by atoms with van der Waals surface area (Å²) in [4.78, 5) is 21.2. The molecule has 0 aliphatic heterocycles. The third-order valence-corrected chi connectivity index (χ3v) is 4.17. The molecule has 20 heavy (non-hydrogen) atoms. The Bertz CT molecular complexity index is 731. The van der Waals surface area contributed by atoms with E-state index < -0.39 is 0 Å². The molecule has 0 spiro atoms. The number of fused-ring (bicyclic) bond motifs is 1. The molecule has 0 unspecified atom stereocenters. The van der Waals surface area contributed by atoms with Gasteiger partial charge in [0, 0.05) is 13.2 Å². The minimum Gasteiger partial charge on any atom is -0.356 e. The largest absolute Gasteiger partial charge is 0.356 e. The number of carbonyl (C=O) groups is 1. The van der Waals surface area contributed by atoms with E-state index in [1.807, 2.05) is 24.3 Å². The zero-order valence-electron chi connectivity index (χ0n) is 10.8. The smallest absolute Gasteiger partial charge is 0.270 e. The lowest BCUT2D eigenvalue weighted by molar-refractivity contribution is 0.0780. The van der Waals surface area contributed by atoms with Gasteiger partial charge in [-0.3, -0.25) is 4.79 Å². The van der Waals surface area contributed by atoms with Crippen LogP contribution in [-0.2, 0) is 6.54 Å². The lowest BCUT2D eigenvalue weighted by Crippen LogP contribution is -2.26. The van der Waals surface area contributed by atoms with Gasteiger partial charge in [-0.05, 0) is 18.2 Å². The maximum Gasteiger partial charge on any atom is 0.270 e. The van der Waals surface area contributed by atoms with Crippen LogP contribution >= 0.6 is 22.9 Å². The van der Waals surface area contributed by atoms with Crippen LogP contribution in [0.5, 0.6) is 0 Å². The molecule has 0 radical (unpaired) electrons. The van der Waals surface area contributed by atoms with E-state index in [0.717, 1.165) is 15.2 Å². The van der Waals surface area contributed by atoms with Gasteiger partial charge in [-0.15, -0.1) is 11.3 Å². The van der Waals surface area contributed by atoms with Crippen LogP contribution in [0.15, 0.2) is 36.5 Å². The normalized spacial score (nSPS) is 10.9. The standard InChI is InChI=1S/C14H12ClN3OS/c1-18(14(19)11-6-9(15)7-16-11)8-13-17-10-4-2-3-5-12(10)20-13/h2-7,16H,8H2,1H3. The summed E-state index contributed by atoms with van der Waals surface area (Å²) in [6.45, 7) is 0.481. The minimum atomic E-state index is -0.101. The van der Waals surface area contributed by atoms with Gasteiger partial charge in [-0.2, -0.15) is 0 Å². The van der Waals surface area contributed by atoms with E-state index in [9.17, 15) is 4.79 Å². The monoisotopic (exact) mass is 305 g/mol. The number of hydrogen-bond donors (Lipinski definition) is 1. The van der Waals surface area contributed by atoms with Gasteiger partial charge in [-0.25, -0.2) is 4.98 Å². The fourth-order valence-corrected chi connectivity index (χ4v) is 3.14. The van der Waals surface area contributed by atoms with Crippen LogP contribution in [0.2, 0.25) is 5.02 Å². The van der Waals surface area contributed by atoms with Crippen LogP contribution in [0.1, 0.15) is 15.5 Å². The first-order valence-electron chi connectivity index (χ1n) is 6.07. The highest BCUT2D eigenvalue weighted by Crippen LogP contribution is 2.22. The SMILES string of the molecule is CN(Cc1nc2ccccc2s1)C(=O)c1cc(Cl)c[nH]1. The van der Waals surface area contributed by atoms with Crippen LogP contribution in [-0.4, -0.2) is 27.8 Å². The molecule has 102 valence electrons. The molecule has 2 aromatic heterocycles. The third-order valence-electron chi connectivity index (χ3n) is 2.94. The summed E-state index contributed by atoms with van der Waals surface area (Å²) < 4.78 is 1.13. The quantitative estimate of drug-likeness (QED) is 0.804. The summed E-state index contributed by atoms with van der Waals surface area (Å²) >= 11 is 7.41. The van der Waals surface area contributed by atoms with Crippen molar-refractivity contribution in [3.8, 4) is 0 Å². The molecular weight excluding hydrogens is 294 g/mol. The molecule has 0 atom stereocenters. The molecule has 1 N–H and O–H groups in total. The summed E-state index contributed by atoms with van der Waals surface area (Å²) in [7, 11) is 1.75. The van der Waals surface area contributed by atoms with Crippen molar-refractivity contribution in [3.63, 3.8) is 0 Å². The van der Waals surface area contributed by atoms with Gasteiger partial charge in [0.2, 0.25) is 0 Å². The molecule has 0 bridgehead atoms. The van der Waals surface area contributed by atoms with Gasteiger partial charge in [-0.1, -0.05) is 23.7 Å². The Morgan fingerprint density at radius 1 is 1.45 bits per heavy atom. The molecular formula is C14H12ClN3OS. The number of amides is 1. The number of nitrogens with zero attached hydrogens (tertiary/aromatic N) is 2. The van der Waals surface area contributed by atoms with Gasteiger partial charge in [0.25, 0.3) is 5.91 Å². The summed E-state index contributed by atoms with van der Waals surface area (Å²) in [6.07, 6.45) is 1.60. The Morgan fingerprint density at radius 3 is 2.95 bits per heavy atom. The van der Waals surface area contributed by atoms with Crippen molar-refractivity contribution in [1.82, 2.24) is 14.9 Å². The van der Waals surface area contributed by atoms with Gasteiger partial charge in [0.15, 0.2) is 0 Å². The highest BCUT2D eigenvalue weighted by molar-refractivity contribution is 7.18. The van der Waals surface area contributed by atoms with Crippen molar-refractivity contribution in [3.05, 3.63) is 52.3 Å². The maximum atomic E-state index is 12.2. The molecule has 2 heterocycles. The lowest BCUT2D eigenvalue weighted by atomic mass is 10.3. The minimum absolute atomic E-state index is 0.101. The van der Waals surface area contributed by atoms with Crippen LogP contribution in [0.4, 0.5) is 0 Å². The topological polar surface area (TPSA) is 49.0 Å². The number of hydrogen-bond acceptors (Lipinski definition) is 3. The first-order chi connectivity index (χ1) is 9.63. The second-order valence-electron chi connectivity index (χ2n) is 4.47.